The van der Waals surface area contributed by atoms with Gasteiger partial charge in [-0.15, -0.1) is 11.3 Å². The van der Waals surface area contributed by atoms with Crippen molar-refractivity contribution in [2.45, 2.75) is 33.4 Å². The minimum atomic E-state index is 0.720. The molecule has 1 heterocycles. The molecule has 0 aliphatic rings. The summed E-state index contributed by atoms with van der Waals surface area (Å²) in [7, 11) is 1.72. The monoisotopic (exact) mass is 257 g/mol. The van der Waals surface area contributed by atoms with Crippen LogP contribution in [-0.2, 0) is 22.6 Å². The normalized spacial score (nSPS) is 11.0. The van der Waals surface area contributed by atoms with Gasteiger partial charge in [0.2, 0.25) is 0 Å². The molecule has 0 saturated carbocycles. The molecule has 0 aromatic carbocycles. The Morgan fingerprint density at radius 3 is 2.88 bits per heavy atom. The summed E-state index contributed by atoms with van der Waals surface area (Å²) in [6.07, 6.45) is 0.962. The van der Waals surface area contributed by atoms with Crippen LogP contribution in [0.4, 0.5) is 0 Å². The van der Waals surface area contributed by atoms with Crippen LogP contribution in [0.15, 0.2) is 6.07 Å². The van der Waals surface area contributed by atoms with E-state index in [2.05, 4.69) is 25.2 Å². The molecule has 1 aromatic heterocycles. The fraction of sp³-hybridized carbons (Fsp3) is 0.692. The van der Waals surface area contributed by atoms with Crippen molar-refractivity contribution in [1.29, 1.82) is 0 Å². The van der Waals surface area contributed by atoms with Gasteiger partial charge >= 0.3 is 0 Å². The van der Waals surface area contributed by atoms with Crippen LogP contribution in [0.3, 0.4) is 0 Å². The zero-order valence-electron chi connectivity index (χ0n) is 11.0. The summed E-state index contributed by atoms with van der Waals surface area (Å²) in [5.74, 6) is 0. The number of ether oxygens (including phenoxy) is 2. The van der Waals surface area contributed by atoms with Crippen LogP contribution in [-0.4, -0.2) is 26.9 Å². The van der Waals surface area contributed by atoms with Crippen LogP contribution in [0.1, 0.15) is 28.7 Å². The van der Waals surface area contributed by atoms with Crippen molar-refractivity contribution in [2.24, 2.45) is 0 Å². The Kier molecular flexibility index (Phi) is 7.44. The first kappa shape index (κ1) is 14.6. The van der Waals surface area contributed by atoms with Gasteiger partial charge in [0.1, 0.15) is 0 Å². The number of rotatable bonds is 9. The van der Waals surface area contributed by atoms with Crippen LogP contribution in [0.2, 0.25) is 0 Å². The molecule has 4 heteroatoms. The van der Waals surface area contributed by atoms with Gasteiger partial charge in [-0.05, 0) is 31.5 Å². The molecule has 1 aromatic rings. The predicted octanol–water partition coefficient (Wildman–Crippen LogP) is 2.72. The second kappa shape index (κ2) is 8.64. The largest absolute Gasteiger partial charge is 0.385 e. The topological polar surface area (TPSA) is 30.5 Å². The van der Waals surface area contributed by atoms with E-state index in [0.717, 1.165) is 39.3 Å². The predicted molar refractivity (Wildman–Crippen MR) is 72.6 cm³/mol. The Balaban J connectivity index is 2.29. The van der Waals surface area contributed by atoms with E-state index in [0.29, 0.717) is 0 Å². The number of methoxy groups -OCH3 is 1. The zero-order valence-corrected chi connectivity index (χ0v) is 11.9. The summed E-state index contributed by atoms with van der Waals surface area (Å²) in [6.45, 7) is 8.53. The number of hydrogen-bond acceptors (Lipinski definition) is 4. The van der Waals surface area contributed by atoms with E-state index in [-0.39, 0.29) is 0 Å². The van der Waals surface area contributed by atoms with Gasteiger partial charge in [0.15, 0.2) is 0 Å². The van der Waals surface area contributed by atoms with Crippen molar-refractivity contribution in [3.63, 3.8) is 0 Å². The Hall–Kier alpha value is -0.420. The maximum absolute atomic E-state index is 5.63. The van der Waals surface area contributed by atoms with Crippen molar-refractivity contribution < 1.29 is 9.47 Å². The fourth-order valence-corrected chi connectivity index (χ4v) is 2.57. The highest BCUT2D eigenvalue weighted by molar-refractivity contribution is 7.12. The molecule has 0 fully saturated rings. The van der Waals surface area contributed by atoms with Gasteiger partial charge < -0.3 is 14.8 Å². The van der Waals surface area contributed by atoms with E-state index in [9.17, 15) is 0 Å². The average molecular weight is 257 g/mol. The summed E-state index contributed by atoms with van der Waals surface area (Å²) in [5, 5.41) is 3.34. The number of hydrogen-bond donors (Lipinski definition) is 1. The Morgan fingerprint density at radius 1 is 1.35 bits per heavy atom. The first-order valence-electron chi connectivity index (χ1n) is 6.13. The first-order valence-corrected chi connectivity index (χ1v) is 6.95. The van der Waals surface area contributed by atoms with Crippen LogP contribution in [0.5, 0.6) is 0 Å². The highest BCUT2D eigenvalue weighted by Gasteiger charge is 2.05. The summed E-state index contributed by atoms with van der Waals surface area (Å²) in [5.41, 5.74) is 1.32. The third kappa shape index (κ3) is 5.64. The summed E-state index contributed by atoms with van der Waals surface area (Å²) < 4.78 is 10.6. The highest BCUT2D eigenvalue weighted by atomic mass is 32.1. The second-order valence-corrected chi connectivity index (χ2v) is 5.31. The lowest BCUT2D eigenvalue weighted by molar-refractivity contribution is 0.0928. The van der Waals surface area contributed by atoms with E-state index < -0.39 is 0 Å². The smallest absolute Gasteiger partial charge is 0.0727 e. The minimum absolute atomic E-state index is 0.720. The number of thiophene rings is 1. The van der Waals surface area contributed by atoms with Crippen LogP contribution >= 0.6 is 11.3 Å². The zero-order chi connectivity index (χ0) is 12.5. The van der Waals surface area contributed by atoms with Gasteiger partial charge in [-0.2, -0.15) is 0 Å². The van der Waals surface area contributed by atoms with Crippen molar-refractivity contribution in [1.82, 2.24) is 5.32 Å². The number of nitrogens with one attached hydrogen (secondary N) is 1. The summed E-state index contributed by atoms with van der Waals surface area (Å²) in [6, 6.07) is 2.25. The molecule has 0 radical (unpaired) electrons. The number of aryl methyl sites for hydroxylation is 1. The van der Waals surface area contributed by atoms with Crippen LogP contribution in [0.25, 0.3) is 0 Å². The minimum Gasteiger partial charge on any atom is -0.385 e. The van der Waals surface area contributed by atoms with Gasteiger partial charge in [0, 0.05) is 36.6 Å². The molecule has 0 atom stereocenters. The van der Waals surface area contributed by atoms with E-state index in [4.69, 9.17) is 9.47 Å². The molecule has 1 N–H and O–H groups in total. The van der Waals surface area contributed by atoms with Crippen molar-refractivity contribution >= 4 is 11.3 Å². The standard InChI is InChI=1S/C13H23NO2S/c1-4-14-9-13-8-12(11(2)17-13)10-16-7-5-6-15-3/h8,14H,4-7,9-10H2,1-3H3. The maximum atomic E-state index is 5.63. The van der Waals surface area contributed by atoms with Crippen molar-refractivity contribution in [3.8, 4) is 0 Å². The molecular formula is C13H23NO2S. The lowest BCUT2D eigenvalue weighted by Crippen LogP contribution is -2.10. The van der Waals surface area contributed by atoms with Crippen LogP contribution < -0.4 is 5.32 Å². The molecule has 0 amide bonds. The molecular weight excluding hydrogens is 234 g/mol. The molecule has 0 bridgehead atoms. The quantitative estimate of drug-likeness (QED) is 0.690. The molecule has 0 saturated heterocycles. The molecule has 0 spiro atoms. The fourth-order valence-electron chi connectivity index (χ4n) is 1.55. The Morgan fingerprint density at radius 2 is 2.18 bits per heavy atom. The van der Waals surface area contributed by atoms with Crippen LogP contribution in [0, 0.1) is 6.92 Å². The van der Waals surface area contributed by atoms with E-state index in [1.807, 2.05) is 11.3 Å². The molecule has 0 unspecified atom stereocenters. The van der Waals surface area contributed by atoms with E-state index in [1.165, 1.54) is 15.3 Å². The highest BCUT2D eigenvalue weighted by Crippen LogP contribution is 2.22. The SMILES string of the molecule is CCNCc1cc(COCCCOC)c(C)s1. The van der Waals surface area contributed by atoms with Gasteiger partial charge in [-0.25, -0.2) is 0 Å². The molecule has 98 valence electrons. The van der Waals surface area contributed by atoms with Gasteiger partial charge in [0.05, 0.1) is 6.61 Å². The van der Waals surface area contributed by atoms with E-state index in [1.54, 1.807) is 7.11 Å². The summed E-state index contributed by atoms with van der Waals surface area (Å²) >= 11 is 1.86. The first-order chi connectivity index (χ1) is 8.27. The van der Waals surface area contributed by atoms with Gasteiger partial charge in [-0.3, -0.25) is 0 Å². The van der Waals surface area contributed by atoms with Gasteiger partial charge in [0.25, 0.3) is 0 Å². The molecule has 17 heavy (non-hydrogen) atoms. The van der Waals surface area contributed by atoms with Crippen molar-refractivity contribution in [2.75, 3.05) is 26.9 Å². The molecule has 0 aliphatic carbocycles. The molecule has 3 nitrogen and oxygen atoms in total. The summed E-state index contributed by atoms with van der Waals surface area (Å²) in [4.78, 5) is 2.75. The third-order valence-corrected chi connectivity index (χ3v) is 3.61. The van der Waals surface area contributed by atoms with E-state index >= 15 is 0 Å². The third-order valence-electron chi connectivity index (χ3n) is 2.52. The lowest BCUT2D eigenvalue weighted by atomic mass is 10.2. The van der Waals surface area contributed by atoms with Crippen molar-refractivity contribution in [3.05, 3.63) is 21.4 Å². The second-order valence-electron chi connectivity index (χ2n) is 3.97. The Bertz CT molecular complexity index is 312. The lowest BCUT2D eigenvalue weighted by Gasteiger charge is -2.03. The van der Waals surface area contributed by atoms with Gasteiger partial charge in [-0.1, -0.05) is 6.92 Å². The average Bonchev–Trinajstić information content (AvgIpc) is 2.67. The maximum Gasteiger partial charge on any atom is 0.0727 e. The molecule has 1 rings (SSSR count). The Labute approximate surface area is 108 Å². The molecule has 0 aliphatic heterocycles.